The van der Waals surface area contributed by atoms with E-state index in [0.717, 1.165) is 12.0 Å². The Morgan fingerprint density at radius 3 is 2.06 bits per heavy atom. The number of halogens is 1. The lowest BCUT2D eigenvalue weighted by Crippen LogP contribution is -2.43. The average molecular weight is 518 g/mol. The van der Waals surface area contributed by atoms with Crippen molar-refractivity contribution in [1.82, 2.24) is 10.7 Å². The Balaban J connectivity index is 0.00000544. The summed E-state index contributed by atoms with van der Waals surface area (Å²) in [6, 6.07) is 18.9. The van der Waals surface area contributed by atoms with Gasteiger partial charge in [0, 0.05) is 24.2 Å². The van der Waals surface area contributed by atoms with Crippen molar-refractivity contribution in [1.29, 1.82) is 0 Å². The number of likely N-dealkylation sites (N-methyl/N-ethyl adjacent to an activating group) is 1. The maximum atomic E-state index is 12.6. The molecule has 178 valence electrons. The summed E-state index contributed by atoms with van der Waals surface area (Å²) < 4.78 is 0.462. The lowest BCUT2D eigenvalue weighted by Gasteiger charge is -2.22. The fourth-order valence-electron chi connectivity index (χ4n) is 3.04. The molecule has 0 unspecified atom stereocenters. The van der Waals surface area contributed by atoms with Crippen LogP contribution in [0.3, 0.4) is 0 Å². The van der Waals surface area contributed by atoms with Crippen LogP contribution in [0.4, 0.5) is 0 Å². The first kappa shape index (κ1) is 28.2. The number of amides is 2. The second-order valence-electron chi connectivity index (χ2n) is 8.71. The van der Waals surface area contributed by atoms with Crippen LogP contribution in [0.1, 0.15) is 35.2 Å². The van der Waals surface area contributed by atoms with Crippen LogP contribution >= 0.6 is 17.0 Å². The lowest BCUT2D eigenvalue weighted by molar-refractivity contribution is -0.862. The molecule has 0 atom stereocenters. The number of carbonyl (C=O) groups excluding carboxylic acids is 3. The predicted molar refractivity (Wildman–Crippen MR) is 137 cm³/mol. The number of nitrogens with zero attached hydrogens (tertiary/aromatic N) is 2. The maximum absolute atomic E-state index is 12.6. The van der Waals surface area contributed by atoms with E-state index in [1.54, 1.807) is 24.3 Å². The number of rotatable bonds is 12. The van der Waals surface area contributed by atoms with Gasteiger partial charge in [0.05, 0.1) is 27.6 Å². The van der Waals surface area contributed by atoms with E-state index in [1.807, 2.05) is 57.5 Å². The van der Waals surface area contributed by atoms with Crippen molar-refractivity contribution in [3.8, 4) is 0 Å². The molecule has 0 saturated heterocycles. The number of hydrazone groups is 1. The van der Waals surface area contributed by atoms with E-state index in [1.165, 1.54) is 0 Å². The second-order valence-corrected chi connectivity index (χ2v) is 8.71. The van der Waals surface area contributed by atoms with Crippen molar-refractivity contribution in [2.75, 3.05) is 34.2 Å². The fraction of sp³-hybridized carbons (Fsp3) is 0.360. The number of hydrogen-bond donors (Lipinski definition) is 2. The van der Waals surface area contributed by atoms with Gasteiger partial charge in [-0.2, -0.15) is 5.10 Å². The van der Waals surface area contributed by atoms with Gasteiger partial charge in [0.15, 0.2) is 12.3 Å². The van der Waals surface area contributed by atoms with Crippen molar-refractivity contribution < 1.29 is 18.9 Å². The minimum atomic E-state index is -0.241. The third-order valence-electron chi connectivity index (χ3n) is 4.64. The molecule has 2 aromatic rings. The number of ketones is 1. The van der Waals surface area contributed by atoms with Gasteiger partial charge < -0.3 is 9.80 Å². The average Bonchev–Trinajstić information content (AvgIpc) is 2.75. The van der Waals surface area contributed by atoms with Gasteiger partial charge >= 0.3 is 0 Å². The van der Waals surface area contributed by atoms with Gasteiger partial charge in [0.1, 0.15) is 0 Å². The predicted octanol–water partition coefficient (Wildman–Crippen LogP) is 3.15. The van der Waals surface area contributed by atoms with Crippen LogP contribution < -0.4 is 10.7 Å². The molecule has 0 saturated carbocycles. The molecule has 0 aliphatic carbocycles. The molecule has 33 heavy (non-hydrogen) atoms. The highest BCUT2D eigenvalue weighted by atomic mass is 79.9. The van der Waals surface area contributed by atoms with Crippen LogP contribution in [-0.2, 0) is 16.0 Å². The molecule has 0 fully saturated rings. The van der Waals surface area contributed by atoms with E-state index in [9.17, 15) is 14.4 Å². The lowest BCUT2D eigenvalue weighted by atomic mass is 10.0. The minimum absolute atomic E-state index is 0. The number of benzene rings is 2. The van der Waals surface area contributed by atoms with Crippen LogP contribution in [0.15, 0.2) is 65.8 Å². The molecule has 7 nitrogen and oxygen atoms in total. The molecule has 0 aliphatic heterocycles. The summed E-state index contributed by atoms with van der Waals surface area (Å²) in [5.41, 5.74) is 4.74. The zero-order valence-corrected chi connectivity index (χ0v) is 21.3. The molecule has 2 aromatic carbocycles. The number of quaternary nitrogens is 1. The summed E-state index contributed by atoms with van der Waals surface area (Å²) in [7, 11) is 5.72. The molecular formula is C25H34BrN4O3+. The van der Waals surface area contributed by atoms with Crippen molar-refractivity contribution in [3.63, 3.8) is 0 Å². The number of Topliss-reactive ketones (excluding diaryl/α,β-unsaturated/α-hetero) is 1. The summed E-state index contributed by atoms with van der Waals surface area (Å²) in [5.74, 6) is -0.456. The van der Waals surface area contributed by atoms with Gasteiger partial charge in [-0.05, 0) is 18.4 Å². The van der Waals surface area contributed by atoms with E-state index in [2.05, 4.69) is 15.8 Å². The third-order valence-corrected chi connectivity index (χ3v) is 4.64. The van der Waals surface area contributed by atoms with Crippen molar-refractivity contribution in [2.45, 2.75) is 25.7 Å². The van der Waals surface area contributed by atoms with E-state index < -0.39 is 0 Å². The Morgan fingerprint density at radius 1 is 0.848 bits per heavy atom. The van der Waals surface area contributed by atoms with Crippen LogP contribution in [-0.4, -0.2) is 62.0 Å². The molecule has 0 aliphatic rings. The highest BCUT2D eigenvalue weighted by molar-refractivity contribution is 8.93. The first-order valence-corrected chi connectivity index (χ1v) is 10.8. The molecule has 0 aromatic heterocycles. The first-order valence-electron chi connectivity index (χ1n) is 10.8. The standard InChI is InChI=1S/C25H32N4O3.BrH/c1-29(2,3)19-25(32)28-27-22(18-23(30)21-12-8-5-9-13-21)14-15-24(31)26-17-16-20-10-6-4-7-11-20;/h4-13H,14-19H2,1-3H3,(H-,26,28,31,32);1H/p+1/b27-22-;. The molecule has 0 heterocycles. The van der Waals surface area contributed by atoms with Gasteiger partial charge in [-0.3, -0.25) is 14.4 Å². The molecule has 2 amide bonds. The molecule has 8 heteroatoms. The smallest absolute Gasteiger partial charge is 0.295 e. The normalized spacial score (nSPS) is 11.3. The topological polar surface area (TPSA) is 87.6 Å². The Bertz CT molecular complexity index is 926. The fourth-order valence-corrected chi connectivity index (χ4v) is 3.04. The van der Waals surface area contributed by atoms with Gasteiger partial charge in [-0.1, -0.05) is 60.7 Å². The van der Waals surface area contributed by atoms with Crippen molar-refractivity contribution in [3.05, 3.63) is 71.8 Å². The van der Waals surface area contributed by atoms with E-state index >= 15 is 0 Å². The number of nitrogens with one attached hydrogen (secondary N) is 2. The Morgan fingerprint density at radius 2 is 1.45 bits per heavy atom. The molecule has 0 spiro atoms. The highest BCUT2D eigenvalue weighted by Gasteiger charge is 2.16. The van der Waals surface area contributed by atoms with Gasteiger partial charge in [0.25, 0.3) is 5.91 Å². The van der Waals surface area contributed by atoms with Crippen molar-refractivity contribution in [2.24, 2.45) is 5.10 Å². The van der Waals surface area contributed by atoms with Crippen LogP contribution in [0.2, 0.25) is 0 Å². The molecule has 0 bridgehead atoms. The van der Waals surface area contributed by atoms with Gasteiger partial charge in [-0.25, -0.2) is 5.43 Å². The Kier molecular flexibility index (Phi) is 12.2. The summed E-state index contributed by atoms with van der Waals surface area (Å²) >= 11 is 0. The summed E-state index contributed by atoms with van der Waals surface area (Å²) in [6.45, 7) is 0.794. The quantitative estimate of drug-likeness (QED) is 0.196. The van der Waals surface area contributed by atoms with E-state index in [0.29, 0.717) is 28.7 Å². The summed E-state index contributed by atoms with van der Waals surface area (Å²) in [5, 5.41) is 7.08. The van der Waals surface area contributed by atoms with Gasteiger partial charge in [-0.15, -0.1) is 17.0 Å². The van der Waals surface area contributed by atoms with E-state index in [4.69, 9.17) is 0 Å². The molecular weight excluding hydrogens is 484 g/mol. The molecule has 2 rings (SSSR count). The second kappa shape index (κ2) is 14.3. The number of hydrogen-bond acceptors (Lipinski definition) is 4. The Labute approximate surface area is 206 Å². The zero-order chi connectivity index (χ0) is 23.4. The van der Waals surface area contributed by atoms with Crippen molar-refractivity contribution >= 4 is 40.3 Å². The van der Waals surface area contributed by atoms with Gasteiger partial charge in [0.2, 0.25) is 5.91 Å². The minimum Gasteiger partial charge on any atom is -0.356 e. The number of carbonyl (C=O) groups is 3. The summed E-state index contributed by atoms with van der Waals surface area (Å²) in [6.07, 6.45) is 1.29. The maximum Gasteiger partial charge on any atom is 0.295 e. The summed E-state index contributed by atoms with van der Waals surface area (Å²) in [4.78, 5) is 37.0. The van der Waals surface area contributed by atoms with Crippen LogP contribution in [0.5, 0.6) is 0 Å². The van der Waals surface area contributed by atoms with E-state index in [-0.39, 0.29) is 54.0 Å². The third kappa shape index (κ3) is 12.1. The SMILES string of the molecule is Br.C[N+](C)(C)CC(=O)N/N=C(/CCC(=O)NCCc1ccccc1)CC(=O)c1ccccc1. The molecule has 2 N–H and O–H groups in total. The first-order chi connectivity index (χ1) is 15.2. The Hall–Kier alpha value is -2.84. The highest BCUT2D eigenvalue weighted by Crippen LogP contribution is 2.07. The van der Waals surface area contributed by atoms with Crippen LogP contribution in [0.25, 0.3) is 0 Å². The largest absolute Gasteiger partial charge is 0.356 e. The zero-order valence-electron chi connectivity index (χ0n) is 19.5. The van der Waals surface area contributed by atoms with Crippen LogP contribution in [0, 0.1) is 0 Å². The monoisotopic (exact) mass is 517 g/mol. The molecule has 0 radical (unpaired) electrons.